The molecule has 0 amide bonds. The summed E-state index contributed by atoms with van der Waals surface area (Å²) in [6, 6.07) is 15.0. The molecule has 0 aliphatic carbocycles. The van der Waals surface area contributed by atoms with Gasteiger partial charge in [-0.05, 0) is 18.2 Å². The van der Waals surface area contributed by atoms with E-state index in [4.69, 9.17) is 34.8 Å². The van der Waals surface area contributed by atoms with Gasteiger partial charge < -0.3 is 0 Å². The molecule has 1 heterocycles. The molecule has 1 aromatic heterocycles. The molecular weight excluding hydrogens is 301 g/mol. The first-order valence-electron chi connectivity index (χ1n) is 5.66. The van der Waals surface area contributed by atoms with Crippen LogP contribution in [0.25, 0.3) is 22.2 Å². The normalized spacial score (nSPS) is 10.9. The van der Waals surface area contributed by atoms with Crippen molar-refractivity contribution in [2.45, 2.75) is 0 Å². The molecule has 3 rings (SSSR count). The Hall–Kier alpha value is -1.28. The Labute approximate surface area is 125 Å². The maximum Gasteiger partial charge on any atom is 0.0740 e. The average Bonchev–Trinajstić information content (AvgIpc) is 2.42. The molecule has 0 atom stereocenters. The van der Waals surface area contributed by atoms with E-state index in [1.807, 2.05) is 36.4 Å². The van der Waals surface area contributed by atoms with Crippen molar-refractivity contribution in [3.63, 3.8) is 0 Å². The largest absolute Gasteiger partial charge is 0.248 e. The number of benzene rings is 2. The van der Waals surface area contributed by atoms with Gasteiger partial charge in [0.2, 0.25) is 0 Å². The summed E-state index contributed by atoms with van der Waals surface area (Å²) >= 11 is 18.5. The van der Waals surface area contributed by atoms with Gasteiger partial charge in [0.05, 0.1) is 26.3 Å². The van der Waals surface area contributed by atoms with E-state index in [9.17, 15) is 0 Å². The number of aromatic nitrogens is 1. The number of fused-ring (bicyclic) bond motifs is 1. The standard InChI is InChI=1S/C15H8Cl3N/c16-11-6-3-5-10(15(11)18)14-8-12(17)9-4-1-2-7-13(9)19-14/h1-8H. The highest BCUT2D eigenvalue weighted by Crippen LogP contribution is 2.35. The zero-order valence-electron chi connectivity index (χ0n) is 9.70. The molecular formula is C15H8Cl3N. The molecule has 94 valence electrons. The lowest BCUT2D eigenvalue weighted by atomic mass is 10.1. The quantitative estimate of drug-likeness (QED) is 0.548. The van der Waals surface area contributed by atoms with Gasteiger partial charge in [0.1, 0.15) is 0 Å². The summed E-state index contributed by atoms with van der Waals surface area (Å²) in [4.78, 5) is 4.58. The molecule has 0 saturated heterocycles. The smallest absolute Gasteiger partial charge is 0.0740 e. The van der Waals surface area contributed by atoms with Crippen LogP contribution in [0.1, 0.15) is 0 Å². The zero-order valence-corrected chi connectivity index (χ0v) is 12.0. The number of hydrogen-bond acceptors (Lipinski definition) is 1. The van der Waals surface area contributed by atoms with Crippen LogP contribution in [-0.4, -0.2) is 4.98 Å². The molecule has 3 aromatic rings. The number of hydrogen-bond donors (Lipinski definition) is 0. The van der Waals surface area contributed by atoms with Crippen LogP contribution < -0.4 is 0 Å². The fourth-order valence-electron chi connectivity index (χ4n) is 1.97. The summed E-state index contributed by atoms with van der Waals surface area (Å²) < 4.78 is 0. The molecule has 0 unspecified atom stereocenters. The number of para-hydroxylation sites is 1. The lowest BCUT2D eigenvalue weighted by Crippen LogP contribution is -1.88. The van der Waals surface area contributed by atoms with Crippen molar-refractivity contribution in [1.82, 2.24) is 4.98 Å². The lowest BCUT2D eigenvalue weighted by Gasteiger charge is -2.08. The van der Waals surface area contributed by atoms with Crippen LogP contribution in [-0.2, 0) is 0 Å². The van der Waals surface area contributed by atoms with E-state index in [2.05, 4.69) is 4.98 Å². The van der Waals surface area contributed by atoms with E-state index >= 15 is 0 Å². The van der Waals surface area contributed by atoms with Gasteiger partial charge in [-0.15, -0.1) is 0 Å². The van der Waals surface area contributed by atoms with Gasteiger partial charge in [0.25, 0.3) is 0 Å². The van der Waals surface area contributed by atoms with Crippen LogP contribution in [0.3, 0.4) is 0 Å². The predicted octanol–water partition coefficient (Wildman–Crippen LogP) is 5.86. The molecule has 19 heavy (non-hydrogen) atoms. The van der Waals surface area contributed by atoms with E-state index < -0.39 is 0 Å². The van der Waals surface area contributed by atoms with E-state index in [1.165, 1.54) is 0 Å². The summed E-state index contributed by atoms with van der Waals surface area (Å²) in [5, 5.41) is 2.57. The van der Waals surface area contributed by atoms with Crippen molar-refractivity contribution in [2.24, 2.45) is 0 Å². The van der Waals surface area contributed by atoms with E-state index in [1.54, 1.807) is 12.1 Å². The van der Waals surface area contributed by atoms with E-state index in [-0.39, 0.29) is 0 Å². The molecule has 0 bridgehead atoms. The van der Waals surface area contributed by atoms with Gasteiger partial charge >= 0.3 is 0 Å². The van der Waals surface area contributed by atoms with Crippen LogP contribution in [0.5, 0.6) is 0 Å². The highest BCUT2D eigenvalue weighted by atomic mass is 35.5. The van der Waals surface area contributed by atoms with Crippen molar-refractivity contribution in [3.8, 4) is 11.3 Å². The summed E-state index contributed by atoms with van der Waals surface area (Å²) in [7, 11) is 0. The van der Waals surface area contributed by atoms with Crippen molar-refractivity contribution in [1.29, 1.82) is 0 Å². The van der Waals surface area contributed by atoms with Gasteiger partial charge in [-0.1, -0.05) is 65.1 Å². The first-order valence-corrected chi connectivity index (χ1v) is 6.80. The van der Waals surface area contributed by atoms with Crippen LogP contribution in [0.4, 0.5) is 0 Å². The van der Waals surface area contributed by atoms with Crippen molar-refractivity contribution in [2.75, 3.05) is 0 Å². The number of rotatable bonds is 1. The van der Waals surface area contributed by atoms with Gasteiger partial charge in [0.15, 0.2) is 0 Å². The number of pyridine rings is 1. The molecule has 0 aliphatic rings. The summed E-state index contributed by atoms with van der Waals surface area (Å²) in [6.07, 6.45) is 0. The Morgan fingerprint density at radius 1 is 0.789 bits per heavy atom. The minimum absolute atomic E-state index is 0.489. The Balaban J connectivity index is 2.29. The fraction of sp³-hybridized carbons (Fsp3) is 0. The van der Waals surface area contributed by atoms with Crippen LogP contribution >= 0.6 is 34.8 Å². The van der Waals surface area contributed by atoms with E-state index in [0.29, 0.717) is 15.1 Å². The second-order valence-electron chi connectivity index (χ2n) is 4.11. The molecule has 0 aliphatic heterocycles. The zero-order chi connectivity index (χ0) is 13.4. The van der Waals surface area contributed by atoms with E-state index in [0.717, 1.165) is 22.2 Å². The Kier molecular flexibility index (Phi) is 3.36. The second-order valence-corrected chi connectivity index (χ2v) is 5.30. The summed E-state index contributed by atoms with van der Waals surface area (Å²) in [6.45, 7) is 0. The number of nitrogens with zero attached hydrogens (tertiary/aromatic N) is 1. The fourth-order valence-corrected chi connectivity index (χ4v) is 2.63. The van der Waals surface area contributed by atoms with Crippen molar-refractivity contribution >= 4 is 45.7 Å². The first-order chi connectivity index (χ1) is 9.16. The Bertz CT molecular complexity index is 768. The van der Waals surface area contributed by atoms with Crippen LogP contribution in [0.2, 0.25) is 15.1 Å². The maximum absolute atomic E-state index is 6.29. The molecule has 0 N–H and O–H groups in total. The SMILES string of the molecule is Clc1cccc(-c2cc(Cl)c3ccccc3n2)c1Cl. The lowest BCUT2D eigenvalue weighted by molar-refractivity contribution is 1.40. The summed E-state index contributed by atoms with van der Waals surface area (Å²) in [5.41, 5.74) is 2.33. The van der Waals surface area contributed by atoms with Crippen molar-refractivity contribution in [3.05, 3.63) is 63.6 Å². The third-order valence-electron chi connectivity index (χ3n) is 2.89. The van der Waals surface area contributed by atoms with Crippen molar-refractivity contribution < 1.29 is 0 Å². The third-order valence-corrected chi connectivity index (χ3v) is 4.02. The minimum Gasteiger partial charge on any atom is -0.248 e. The predicted molar refractivity (Wildman–Crippen MR) is 82.2 cm³/mol. The highest BCUT2D eigenvalue weighted by Gasteiger charge is 2.10. The molecule has 1 nitrogen and oxygen atoms in total. The molecule has 0 spiro atoms. The van der Waals surface area contributed by atoms with Crippen LogP contribution in [0, 0.1) is 0 Å². The van der Waals surface area contributed by atoms with Gasteiger partial charge in [-0.2, -0.15) is 0 Å². The topological polar surface area (TPSA) is 12.9 Å². The highest BCUT2D eigenvalue weighted by molar-refractivity contribution is 6.43. The molecule has 0 radical (unpaired) electrons. The molecule has 2 aromatic carbocycles. The minimum atomic E-state index is 0.489. The molecule has 4 heteroatoms. The second kappa shape index (κ2) is 5.01. The summed E-state index contributed by atoms with van der Waals surface area (Å²) in [5.74, 6) is 0. The van der Waals surface area contributed by atoms with Crippen LogP contribution in [0.15, 0.2) is 48.5 Å². The monoisotopic (exact) mass is 307 g/mol. The number of halogens is 3. The van der Waals surface area contributed by atoms with Gasteiger partial charge in [-0.3, -0.25) is 0 Å². The maximum atomic E-state index is 6.29. The van der Waals surface area contributed by atoms with Gasteiger partial charge in [0, 0.05) is 10.9 Å². The average molecular weight is 309 g/mol. The van der Waals surface area contributed by atoms with Gasteiger partial charge in [-0.25, -0.2) is 4.98 Å². The molecule has 0 saturated carbocycles. The first kappa shape index (κ1) is 12.7. The third kappa shape index (κ3) is 2.30. The Morgan fingerprint density at radius 3 is 2.42 bits per heavy atom. The Morgan fingerprint density at radius 2 is 1.58 bits per heavy atom. The molecule has 0 fully saturated rings.